The number of hydrogen-bond acceptors (Lipinski definition) is 0. The molecule has 1 rings (SSSR count). The molecule has 0 atom stereocenters. The van der Waals surface area contributed by atoms with Crippen LogP contribution in [0.25, 0.3) is 0 Å². The van der Waals surface area contributed by atoms with Gasteiger partial charge in [-0.25, -0.2) is 0 Å². The summed E-state index contributed by atoms with van der Waals surface area (Å²) < 4.78 is 0. The second-order valence-electron chi connectivity index (χ2n) is 3.65. The van der Waals surface area contributed by atoms with Gasteiger partial charge in [0.25, 0.3) is 0 Å². The molecule has 0 bridgehead atoms. The Labute approximate surface area is 68.8 Å². The largest absolute Gasteiger partial charge is 0.0654 e. The monoisotopic (exact) mass is 172 g/mol. The highest BCUT2D eigenvalue weighted by atomic mass is 28.3. The first-order valence-corrected chi connectivity index (χ1v) is 9.38. The van der Waals surface area contributed by atoms with Gasteiger partial charge in [-0.15, -0.1) is 0 Å². The quantitative estimate of drug-likeness (QED) is 0.572. The lowest BCUT2D eigenvalue weighted by atomic mass is 10.4. The first kappa shape index (κ1) is 8.53. The van der Waals surface area contributed by atoms with Crippen molar-refractivity contribution in [3.63, 3.8) is 0 Å². The van der Waals surface area contributed by atoms with Gasteiger partial charge in [-0.2, -0.15) is 0 Å². The van der Waals surface area contributed by atoms with E-state index in [4.69, 9.17) is 0 Å². The molecule has 0 unspecified atom stereocenters. The Morgan fingerprint density at radius 2 is 2.00 bits per heavy atom. The number of unbranched alkanes of at least 4 members (excludes halogenated alkanes) is 1. The van der Waals surface area contributed by atoms with Crippen molar-refractivity contribution in [1.82, 2.24) is 0 Å². The van der Waals surface area contributed by atoms with Gasteiger partial charge in [0.05, 0.1) is 0 Å². The molecular weight excluding hydrogens is 152 g/mol. The molecule has 0 nitrogen and oxygen atoms in total. The van der Waals surface area contributed by atoms with Crippen molar-refractivity contribution in [3.8, 4) is 0 Å². The van der Waals surface area contributed by atoms with Gasteiger partial charge in [0.15, 0.2) is 0 Å². The van der Waals surface area contributed by atoms with Crippen LogP contribution in [0.1, 0.15) is 19.8 Å². The topological polar surface area (TPSA) is 0 Å². The minimum absolute atomic E-state index is 0.109. The molecule has 1 heterocycles. The van der Waals surface area contributed by atoms with Crippen LogP contribution in [0.4, 0.5) is 0 Å². The summed E-state index contributed by atoms with van der Waals surface area (Å²) in [5.41, 5.74) is 0. The van der Waals surface area contributed by atoms with Crippen molar-refractivity contribution in [3.05, 3.63) is 0 Å². The Hall–Kier alpha value is 0.434. The van der Waals surface area contributed by atoms with Gasteiger partial charge in [-0.05, 0) is 0 Å². The zero-order chi connectivity index (χ0) is 7.23. The molecule has 1 saturated heterocycles. The number of rotatable bonds is 3. The molecule has 0 aromatic carbocycles. The van der Waals surface area contributed by atoms with Crippen LogP contribution >= 0.6 is 0 Å². The van der Waals surface area contributed by atoms with E-state index in [2.05, 4.69) is 6.92 Å². The van der Waals surface area contributed by atoms with E-state index in [1.807, 2.05) is 0 Å². The maximum atomic E-state index is 2.33. The van der Waals surface area contributed by atoms with Crippen LogP contribution in [0, 0.1) is 0 Å². The first-order chi connectivity index (χ1) is 4.93. The predicted octanol–water partition coefficient (Wildman–Crippen LogP) is 2.03. The fraction of sp³-hybridized carbons (Fsp3) is 1.00. The molecule has 0 amide bonds. The third kappa shape index (κ3) is 3.01. The summed E-state index contributed by atoms with van der Waals surface area (Å²) in [6.07, 6.45) is 2.97. The molecular formula is C8H20Si2. The van der Waals surface area contributed by atoms with Gasteiger partial charge in [0, 0.05) is 18.3 Å². The maximum Gasteiger partial charge on any atom is 0.0361 e. The maximum absolute atomic E-state index is 2.33. The second kappa shape index (κ2) is 5.13. The SMILES string of the molecule is CCCC[SiH]1CC[SiH2]CC1. The van der Waals surface area contributed by atoms with E-state index in [0.717, 1.165) is 0 Å². The van der Waals surface area contributed by atoms with Gasteiger partial charge in [-0.1, -0.05) is 50.0 Å². The van der Waals surface area contributed by atoms with Gasteiger partial charge >= 0.3 is 0 Å². The Balaban J connectivity index is 2.02. The molecule has 2 heteroatoms. The van der Waals surface area contributed by atoms with Gasteiger partial charge < -0.3 is 0 Å². The molecule has 0 spiro atoms. The molecule has 0 aliphatic carbocycles. The van der Waals surface area contributed by atoms with Crippen molar-refractivity contribution in [2.75, 3.05) is 0 Å². The van der Waals surface area contributed by atoms with E-state index in [0.29, 0.717) is 9.52 Å². The third-order valence-corrected chi connectivity index (χ3v) is 9.81. The highest BCUT2D eigenvalue weighted by Gasteiger charge is 2.13. The summed E-state index contributed by atoms with van der Waals surface area (Å²) in [6, 6.07) is 8.55. The van der Waals surface area contributed by atoms with E-state index < -0.39 is 0 Å². The molecule has 0 radical (unpaired) electrons. The van der Waals surface area contributed by atoms with E-state index in [1.165, 1.54) is 6.42 Å². The van der Waals surface area contributed by atoms with Crippen LogP contribution in [-0.2, 0) is 0 Å². The molecule has 1 aliphatic rings. The van der Waals surface area contributed by atoms with Crippen LogP contribution in [0.15, 0.2) is 0 Å². The molecule has 0 N–H and O–H groups in total. The standard InChI is InChI=1S/C8H20Si2/c1-2-3-6-10-7-4-9-5-8-10/h10H,2-9H2,1H3. The summed E-state index contributed by atoms with van der Waals surface area (Å²) in [7, 11) is 0.379. The van der Waals surface area contributed by atoms with Crippen molar-refractivity contribution < 1.29 is 0 Å². The van der Waals surface area contributed by atoms with Crippen LogP contribution in [0.5, 0.6) is 0 Å². The van der Waals surface area contributed by atoms with E-state index in [1.54, 1.807) is 36.6 Å². The summed E-state index contributed by atoms with van der Waals surface area (Å²) in [5.74, 6) is 0. The van der Waals surface area contributed by atoms with E-state index in [-0.39, 0.29) is 8.80 Å². The van der Waals surface area contributed by atoms with Crippen LogP contribution in [-0.4, -0.2) is 18.3 Å². The van der Waals surface area contributed by atoms with Gasteiger partial charge in [0.1, 0.15) is 0 Å². The van der Waals surface area contributed by atoms with Crippen molar-refractivity contribution in [1.29, 1.82) is 0 Å². The number of hydrogen-bond donors (Lipinski definition) is 0. The highest BCUT2D eigenvalue weighted by Crippen LogP contribution is 2.19. The Bertz CT molecular complexity index is 77.3. The van der Waals surface area contributed by atoms with E-state index >= 15 is 0 Å². The third-order valence-electron chi connectivity index (χ3n) is 2.69. The van der Waals surface area contributed by atoms with Gasteiger partial charge in [0.2, 0.25) is 0 Å². The zero-order valence-corrected chi connectivity index (χ0v) is 9.80. The normalized spacial score (nSPS) is 29.1. The summed E-state index contributed by atoms with van der Waals surface area (Å²) in [5, 5.41) is 0. The fourth-order valence-corrected chi connectivity index (χ4v) is 11.1. The molecule has 1 aliphatic heterocycles. The lowest BCUT2D eigenvalue weighted by molar-refractivity contribution is 0.866. The minimum Gasteiger partial charge on any atom is -0.0654 e. The van der Waals surface area contributed by atoms with Crippen molar-refractivity contribution >= 4 is 18.3 Å². The summed E-state index contributed by atoms with van der Waals surface area (Å²) in [4.78, 5) is 0. The predicted molar refractivity (Wildman–Crippen MR) is 54.6 cm³/mol. The molecule has 0 aromatic heterocycles. The van der Waals surface area contributed by atoms with Crippen LogP contribution < -0.4 is 0 Å². The van der Waals surface area contributed by atoms with E-state index in [9.17, 15) is 0 Å². The minimum atomic E-state index is -0.109. The average molecular weight is 172 g/mol. The Morgan fingerprint density at radius 1 is 1.30 bits per heavy atom. The van der Waals surface area contributed by atoms with Crippen LogP contribution in [0.3, 0.4) is 0 Å². The van der Waals surface area contributed by atoms with Crippen LogP contribution in [0.2, 0.25) is 30.2 Å². The van der Waals surface area contributed by atoms with Crippen molar-refractivity contribution in [2.45, 2.75) is 50.0 Å². The first-order valence-electron chi connectivity index (χ1n) is 4.93. The highest BCUT2D eigenvalue weighted by molar-refractivity contribution is 6.63. The molecule has 1 fully saturated rings. The zero-order valence-electron chi connectivity index (χ0n) is 7.23. The Kier molecular flexibility index (Phi) is 4.38. The Morgan fingerprint density at radius 3 is 2.60 bits per heavy atom. The second-order valence-corrected chi connectivity index (χ2v) is 9.23. The van der Waals surface area contributed by atoms with Crippen molar-refractivity contribution in [2.24, 2.45) is 0 Å². The average Bonchev–Trinajstić information content (AvgIpc) is 2.03. The molecule has 0 aromatic rings. The lowest BCUT2D eigenvalue weighted by Crippen LogP contribution is -2.17. The summed E-state index contributed by atoms with van der Waals surface area (Å²) >= 11 is 0. The lowest BCUT2D eigenvalue weighted by Gasteiger charge is -2.18. The summed E-state index contributed by atoms with van der Waals surface area (Å²) in [6.45, 7) is 2.33. The molecule has 0 saturated carbocycles. The molecule has 10 heavy (non-hydrogen) atoms. The molecule has 60 valence electrons. The van der Waals surface area contributed by atoms with Gasteiger partial charge in [-0.3, -0.25) is 0 Å². The smallest absolute Gasteiger partial charge is 0.0361 e. The fourth-order valence-electron chi connectivity index (χ4n) is 1.97.